The van der Waals surface area contributed by atoms with Crippen LogP contribution in [0.4, 0.5) is 11.4 Å². The van der Waals surface area contributed by atoms with E-state index in [1.54, 1.807) is 18.5 Å². The summed E-state index contributed by atoms with van der Waals surface area (Å²) in [5, 5.41) is 4.17. The number of nitrogens with zero attached hydrogens (tertiary/aromatic N) is 4. The van der Waals surface area contributed by atoms with Gasteiger partial charge in [0.15, 0.2) is 0 Å². The molecule has 0 bridgehead atoms. The van der Waals surface area contributed by atoms with E-state index in [9.17, 15) is 4.79 Å². The van der Waals surface area contributed by atoms with Crippen LogP contribution in [0.5, 0.6) is 0 Å². The minimum atomic E-state index is -0.156. The van der Waals surface area contributed by atoms with Crippen molar-refractivity contribution in [1.29, 1.82) is 0 Å². The zero-order valence-corrected chi connectivity index (χ0v) is 12.2. The molecule has 0 atom stereocenters. The number of nitrogen functional groups attached to an aromatic ring is 1. The predicted molar refractivity (Wildman–Crippen MR) is 80.0 cm³/mol. The highest BCUT2D eigenvalue weighted by Gasteiger charge is 2.09. The van der Waals surface area contributed by atoms with Crippen LogP contribution in [0, 0.1) is 13.8 Å². The van der Waals surface area contributed by atoms with Crippen LogP contribution < -0.4 is 16.2 Å². The van der Waals surface area contributed by atoms with Crippen molar-refractivity contribution in [2.75, 3.05) is 24.7 Å². The lowest BCUT2D eigenvalue weighted by atomic mass is 10.1. The van der Waals surface area contributed by atoms with Gasteiger partial charge in [0.2, 0.25) is 0 Å². The Kier molecular flexibility index (Phi) is 3.74. The van der Waals surface area contributed by atoms with Crippen molar-refractivity contribution in [3.05, 3.63) is 45.6 Å². The Labute approximate surface area is 117 Å². The minimum Gasteiger partial charge on any atom is -0.398 e. The van der Waals surface area contributed by atoms with Crippen LogP contribution in [-0.4, -0.2) is 28.9 Å². The monoisotopic (exact) mass is 273 g/mol. The third-order valence-corrected chi connectivity index (χ3v) is 3.35. The molecule has 20 heavy (non-hydrogen) atoms. The molecular weight excluding hydrogens is 254 g/mol. The van der Waals surface area contributed by atoms with Crippen molar-refractivity contribution in [1.82, 2.24) is 14.8 Å². The zero-order valence-electron chi connectivity index (χ0n) is 12.2. The van der Waals surface area contributed by atoms with Gasteiger partial charge >= 0.3 is 0 Å². The summed E-state index contributed by atoms with van der Waals surface area (Å²) in [7, 11) is 3.74. The van der Waals surface area contributed by atoms with E-state index in [-0.39, 0.29) is 5.56 Å². The Morgan fingerprint density at radius 1 is 1.30 bits per heavy atom. The van der Waals surface area contributed by atoms with Crippen molar-refractivity contribution in [2.45, 2.75) is 20.4 Å². The maximum Gasteiger partial charge on any atom is 0.269 e. The molecule has 6 nitrogen and oxygen atoms in total. The summed E-state index contributed by atoms with van der Waals surface area (Å²) >= 11 is 0. The first kappa shape index (κ1) is 14.0. The van der Waals surface area contributed by atoms with Crippen molar-refractivity contribution in [2.24, 2.45) is 0 Å². The Balaban J connectivity index is 2.36. The molecule has 0 aromatic carbocycles. The second kappa shape index (κ2) is 5.32. The molecule has 0 aliphatic heterocycles. The second-order valence-corrected chi connectivity index (χ2v) is 5.03. The highest BCUT2D eigenvalue weighted by Crippen LogP contribution is 2.18. The number of aryl methyl sites for hydroxylation is 1. The van der Waals surface area contributed by atoms with Crippen molar-refractivity contribution >= 4 is 11.4 Å². The normalized spacial score (nSPS) is 10.6. The molecule has 2 rings (SSSR count). The topological polar surface area (TPSA) is 77.0 Å². The molecule has 0 aliphatic rings. The van der Waals surface area contributed by atoms with Crippen molar-refractivity contribution in [3.63, 3.8) is 0 Å². The fraction of sp³-hybridized carbons (Fsp3) is 0.357. The van der Waals surface area contributed by atoms with Gasteiger partial charge in [-0.2, -0.15) is 5.10 Å². The van der Waals surface area contributed by atoms with E-state index in [4.69, 9.17) is 5.73 Å². The van der Waals surface area contributed by atoms with Gasteiger partial charge in [-0.1, -0.05) is 0 Å². The molecule has 2 heterocycles. The molecule has 0 amide bonds. The lowest BCUT2D eigenvalue weighted by Gasteiger charge is -2.13. The number of rotatable bonds is 3. The van der Waals surface area contributed by atoms with Gasteiger partial charge in [0, 0.05) is 32.0 Å². The van der Waals surface area contributed by atoms with Crippen LogP contribution in [0.25, 0.3) is 0 Å². The van der Waals surface area contributed by atoms with Gasteiger partial charge < -0.3 is 10.6 Å². The van der Waals surface area contributed by atoms with E-state index >= 15 is 0 Å². The predicted octanol–water partition coefficient (Wildman–Crippen LogP) is 0.952. The van der Waals surface area contributed by atoms with Crippen molar-refractivity contribution in [3.8, 4) is 0 Å². The zero-order chi connectivity index (χ0) is 14.9. The summed E-state index contributed by atoms with van der Waals surface area (Å²) in [6, 6.07) is 1.56. The third kappa shape index (κ3) is 2.64. The van der Waals surface area contributed by atoms with Gasteiger partial charge in [0.05, 0.1) is 24.1 Å². The molecule has 0 unspecified atom stereocenters. The third-order valence-electron chi connectivity index (χ3n) is 3.35. The van der Waals surface area contributed by atoms with E-state index < -0.39 is 0 Å². The molecule has 0 aliphatic carbocycles. The molecule has 0 radical (unpaired) electrons. The summed E-state index contributed by atoms with van der Waals surface area (Å²) in [5.74, 6) is 0. The molecule has 106 valence electrons. The molecule has 0 fully saturated rings. The molecule has 0 spiro atoms. The van der Waals surface area contributed by atoms with Crippen molar-refractivity contribution < 1.29 is 0 Å². The highest BCUT2D eigenvalue weighted by molar-refractivity contribution is 5.53. The minimum absolute atomic E-state index is 0.156. The van der Waals surface area contributed by atoms with E-state index in [1.807, 2.05) is 32.8 Å². The summed E-state index contributed by atoms with van der Waals surface area (Å²) in [4.78, 5) is 18.2. The fourth-order valence-electron chi connectivity index (χ4n) is 1.88. The average molecular weight is 273 g/mol. The molecule has 6 heteroatoms. The first-order valence-electron chi connectivity index (χ1n) is 6.35. The van der Waals surface area contributed by atoms with Crippen LogP contribution in [0.15, 0.2) is 23.3 Å². The summed E-state index contributed by atoms with van der Waals surface area (Å²) in [5.41, 5.74) is 9.92. The van der Waals surface area contributed by atoms with Crippen LogP contribution in [0.2, 0.25) is 0 Å². The van der Waals surface area contributed by atoms with Gasteiger partial charge in [-0.05, 0) is 25.0 Å². The van der Waals surface area contributed by atoms with E-state index in [2.05, 4.69) is 10.1 Å². The summed E-state index contributed by atoms with van der Waals surface area (Å²) in [6.45, 7) is 4.14. The van der Waals surface area contributed by atoms with E-state index in [0.717, 1.165) is 22.5 Å². The second-order valence-electron chi connectivity index (χ2n) is 5.03. The highest BCUT2D eigenvalue weighted by atomic mass is 16.1. The van der Waals surface area contributed by atoms with Gasteiger partial charge in [0.25, 0.3) is 5.56 Å². The van der Waals surface area contributed by atoms with Crippen LogP contribution in [0.1, 0.15) is 16.8 Å². The quantitative estimate of drug-likeness (QED) is 0.901. The first-order valence-corrected chi connectivity index (χ1v) is 6.35. The number of hydrogen-bond acceptors (Lipinski definition) is 5. The lowest BCUT2D eigenvalue weighted by Crippen LogP contribution is -2.25. The van der Waals surface area contributed by atoms with Crippen LogP contribution >= 0.6 is 0 Å². The number of hydrogen-bond donors (Lipinski definition) is 1. The molecule has 2 aromatic heterocycles. The van der Waals surface area contributed by atoms with E-state index in [0.29, 0.717) is 12.2 Å². The Hall–Kier alpha value is -2.37. The average Bonchev–Trinajstić information content (AvgIpc) is 2.41. The molecule has 0 saturated carbocycles. The van der Waals surface area contributed by atoms with Crippen LogP contribution in [-0.2, 0) is 6.54 Å². The Morgan fingerprint density at radius 2 is 2.00 bits per heavy atom. The molecular formula is C14H19N5O. The van der Waals surface area contributed by atoms with E-state index in [1.165, 1.54) is 4.68 Å². The Morgan fingerprint density at radius 3 is 2.60 bits per heavy atom. The largest absolute Gasteiger partial charge is 0.398 e. The molecule has 0 saturated heterocycles. The smallest absolute Gasteiger partial charge is 0.269 e. The summed E-state index contributed by atoms with van der Waals surface area (Å²) in [6.07, 6.45) is 3.38. The number of anilines is 2. The number of aromatic nitrogens is 3. The van der Waals surface area contributed by atoms with Gasteiger partial charge in [0.1, 0.15) is 0 Å². The van der Waals surface area contributed by atoms with Gasteiger partial charge in [-0.3, -0.25) is 9.78 Å². The maximum atomic E-state index is 12.0. The SMILES string of the molecule is Cc1cnc(Cn2ncc(N(C)C)cc2=O)c(C)c1N. The van der Waals surface area contributed by atoms with Crippen LogP contribution in [0.3, 0.4) is 0 Å². The fourth-order valence-corrected chi connectivity index (χ4v) is 1.88. The number of nitrogens with two attached hydrogens (primary N) is 1. The maximum absolute atomic E-state index is 12.0. The molecule has 2 aromatic rings. The Bertz CT molecular complexity index is 690. The first-order chi connectivity index (χ1) is 9.40. The molecule has 2 N–H and O–H groups in total. The lowest BCUT2D eigenvalue weighted by molar-refractivity contribution is 0.624. The summed E-state index contributed by atoms with van der Waals surface area (Å²) < 4.78 is 1.39. The van der Waals surface area contributed by atoms with Gasteiger partial charge in [-0.15, -0.1) is 0 Å². The van der Waals surface area contributed by atoms with Gasteiger partial charge in [-0.25, -0.2) is 4.68 Å². The standard InChI is InChI=1S/C14H19N5O/c1-9-6-16-12(10(2)14(9)15)8-19-13(20)5-11(7-17-19)18(3)4/h5-7H,8H2,1-4H3,(H2,15,16). The number of pyridine rings is 1.